The topological polar surface area (TPSA) is 51.0 Å². The molecule has 3 N–H and O–H groups in total. The molecule has 0 saturated heterocycles. The second-order valence-electron chi connectivity index (χ2n) is 7.22. The lowest BCUT2D eigenvalue weighted by atomic mass is 10.00. The van der Waals surface area contributed by atoms with E-state index in [1.54, 1.807) is 0 Å². The van der Waals surface area contributed by atoms with E-state index in [0.717, 1.165) is 37.1 Å². The monoisotopic (exact) mass is 496 g/mol. The first kappa shape index (κ1) is 20.0. The maximum absolute atomic E-state index is 6.08. The number of halogens is 1. The van der Waals surface area contributed by atoms with Crippen LogP contribution in [0.5, 0.6) is 5.75 Å². The zero-order chi connectivity index (χ0) is 20.1. The highest BCUT2D eigenvalue weighted by molar-refractivity contribution is 14.1. The van der Waals surface area contributed by atoms with E-state index >= 15 is 0 Å². The smallest absolute Gasteiger partial charge is 0.120 e. The lowest BCUT2D eigenvalue weighted by Gasteiger charge is -2.08. The molecular weight excluding hydrogens is 471 g/mol. The summed E-state index contributed by atoms with van der Waals surface area (Å²) in [5.74, 6) is 0.898. The van der Waals surface area contributed by atoms with Crippen molar-refractivity contribution in [1.29, 1.82) is 0 Å². The molecule has 0 atom stereocenters. The van der Waals surface area contributed by atoms with Crippen LogP contribution in [0.3, 0.4) is 0 Å². The number of hydrogen-bond acceptors (Lipinski definition) is 2. The predicted octanol–water partition coefficient (Wildman–Crippen LogP) is 6.30. The van der Waals surface area contributed by atoms with Gasteiger partial charge in [-0.05, 0) is 95.4 Å². The van der Waals surface area contributed by atoms with Crippen molar-refractivity contribution in [2.24, 2.45) is 5.73 Å². The number of unbranched alkanes of at least 4 members (excludes halogenated alkanes) is 1. The fourth-order valence-corrected chi connectivity index (χ4v) is 4.20. The normalized spacial score (nSPS) is 11.1. The Labute approximate surface area is 185 Å². The summed E-state index contributed by atoms with van der Waals surface area (Å²) in [6, 6.07) is 25.2. The second kappa shape index (κ2) is 9.46. The van der Waals surface area contributed by atoms with Crippen LogP contribution < -0.4 is 10.5 Å². The molecule has 4 heteroatoms. The number of H-pyrrole nitrogens is 1. The molecule has 0 aliphatic carbocycles. The Morgan fingerprint density at radius 1 is 0.897 bits per heavy atom. The van der Waals surface area contributed by atoms with Crippen molar-refractivity contribution >= 4 is 33.5 Å². The van der Waals surface area contributed by atoms with Crippen LogP contribution in [0, 0.1) is 3.57 Å². The first-order chi connectivity index (χ1) is 14.2. The van der Waals surface area contributed by atoms with Crippen molar-refractivity contribution in [3.63, 3.8) is 0 Å². The fraction of sp³-hybridized carbons (Fsp3) is 0.200. The minimum Gasteiger partial charge on any atom is -0.489 e. The molecule has 148 valence electrons. The molecule has 0 unspecified atom stereocenters. The van der Waals surface area contributed by atoms with Crippen molar-refractivity contribution in [3.8, 4) is 17.0 Å². The molecule has 1 heterocycles. The van der Waals surface area contributed by atoms with Gasteiger partial charge >= 0.3 is 0 Å². The van der Waals surface area contributed by atoms with Crippen molar-refractivity contribution < 1.29 is 4.74 Å². The number of fused-ring (bicyclic) bond motifs is 1. The lowest BCUT2D eigenvalue weighted by molar-refractivity contribution is 0.306. The van der Waals surface area contributed by atoms with Crippen molar-refractivity contribution in [1.82, 2.24) is 4.98 Å². The summed E-state index contributed by atoms with van der Waals surface area (Å²) in [4.78, 5) is 3.65. The van der Waals surface area contributed by atoms with Crippen LogP contribution in [-0.4, -0.2) is 11.5 Å². The standard InChI is InChI=1S/C25H25IN2O/c26-20-10-6-9-19(15-20)25-22(11-4-5-14-27)23-16-21(12-13-24(23)28-25)29-17-18-7-2-1-3-8-18/h1-3,6-10,12-13,15-16,28H,4-5,11,14,17,27H2. The Bertz CT molecular complexity index is 1090. The zero-order valence-electron chi connectivity index (χ0n) is 16.3. The lowest BCUT2D eigenvalue weighted by Crippen LogP contribution is -1.99. The quantitative estimate of drug-likeness (QED) is 0.222. The van der Waals surface area contributed by atoms with E-state index in [-0.39, 0.29) is 0 Å². The highest BCUT2D eigenvalue weighted by Crippen LogP contribution is 2.34. The number of nitrogens with one attached hydrogen (secondary N) is 1. The minimum absolute atomic E-state index is 0.572. The summed E-state index contributed by atoms with van der Waals surface area (Å²) >= 11 is 2.37. The molecule has 3 aromatic carbocycles. The number of aryl methyl sites for hydroxylation is 1. The third-order valence-corrected chi connectivity index (χ3v) is 5.79. The number of benzene rings is 3. The number of aromatic nitrogens is 1. The van der Waals surface area contributed by atoms with Crippen LogP contribution in [0.15, 0.2) is 72.8 Å². The second-order valence-corrected chi connectivity index (χ2v) is 8.46. The number of nitrogens with two attached hydrogens (primary N) is 1. The van der Waals surface area contributed by atoms with Crippen LogP contribution in [0.2, 0.25) is 0 Å². The van der Waals surface area contributed by atoms with Gasteiger partial charge in [-0.25, -0.2) is 0 Å². The summed E-state index contributed by atoms with van der Waals surface area (Å²) < 4.78 is 7.31. The maximum Gasteiger partial charge on any atom is 0.120 e. The first-order valence-electron chi connectivity index (χ1n) is 10.0. The van der Waals surface area contributed by atoms with Crippen LogP contribution in [0.25, 0.3) is 22.2 Å². The molecule has 0 fully saturated rings. The Balaban J connectivity index is 1.68. The summed E-state index contributed by atoms with van der Waals surface area (Å²) in [6.45, 7) is 1.30. The average Bonchev–Trinajstić information content (AvgIpc) is 3.11. The molecule has 0 spiro atoms. The summed E-state index contributed by atoms with van der Waals surface area (Å²) in [7, 11) is 0. The molecule has 4 rings (SSSR count). The summed E-state index contributed by atoms with van der Waals surface area (Å²) in [5, 5.41) is 1.24. The molecule has 4 aromatic rings. The Morgan fingerprint density at radius 3 is 2.55 bits per heavy atom. The van der Waals surface area contributed by atoms with Crippen molar-refractivity contribution in [2.75, 3.05) is 6.54 Å². The van der Waals surface area contributed by atoms with Crippen LogP contribution in [0.4, 0.5) is 0 Å². The molecule has 0 amide bonds. The minimum atomic E-state index is 0.572. The van der Waals surface area contributed by atoms with E-state index in [1.165, 1.54) is 31.3 Å². The largest absolute Gasteiger partial charge is 0.489 e. The third kappa shape index (κ3) is 4.82. The van der Waals surface area contributed by atoms with Gasteiger partial charge in [0.15, 0.2) is 0 Å². The zero-order valence-corrected chi connectivity index (χ0v) is 18.5. The van der Waals surface area contributed by atoms with E-state index in [9.17, 15) is 0 Å². The van der Waals surface area contributed by atoms with Gasteiger partial charge in [0.2, 0.25) is 0 Å². The summed E-state index contributed by atoms with van der Waals surface area (Å²) in [6.07, 6.45) is 3.11. The molecule has 3 nitrogen and oxygen atoms in total. The van der Waals surface area contributed by atoms with Crippen molar-refractivity contribution in [3.05, 3.63) is 87.5 Å². The predicted molar refractivity (Wildman–Crippen MR) is 129 cm³/mol. The molecule has 0 bridgehead atoms. The van der Waals surface area contributed by atoms with Gasteiger partial charge in [-0.1, -0.05) is 42.5 Å². The van der Waals surface area contributed by atoms with E-state index in [1.807, 2.05) is 24.3 Å². The number of hydrogen-bond donors (Lipinski definition) is 2. The van der Waals surface area contributed by atoms with Crippen LogP contribution in [0.1, 0.15) is 24.0 Å². The molecule has 0 radical (unpaired) electrons. The Hall–Kier alpha value is -2.31. The van der Waals surface area contributed by atoms with Gasteiger partial charge in [-0.15, -0.1) is 0 Å². The van der Waals surface area contributed by atoms with E-state index < -0.39 is 0 Å². The number of rotatable bonds is 8. The highest BCUT2D eigenvalue weighted by atomic mass is 127. The number of ether oxygens (including phenoxy) is 1. The Kier molecular flexibility index (Phi) is 6.52. The first-order valence-corrected chi connectivity index (χ1v) is 11.1. The average molecular weight is 496 g/mol. The third-order valence-electron chi connectivity index (χ3n) is 5.12. The molecule has 0 saturated carbocycles. The maximum atomic E-state index is 6.08. The molecular formula is C25H25IN2O. The Morgan fingerprint density at radius 2 is 1.76 bits per heavy atom. The van der Waals surface area contributed by atoms with Crippen LogP contribution in [-0.2, 0) is 13.0 Å². The van der Waals surface area contributed by atoms with Gasteiger partial charge in [0.25, 0.3) is 0 Å². The van der Waals surface area contributed by atoms with Gasteiger partial charge in [0.05, 0.1) is 0 Å². The van der Waals surface area contributed by atoms with Gasteiger partial charge in [0, 0.05) is 20.2 Å². The molecule has 0 aliphatic heterocycles. The van der Waals surface area contributed by atoms with Gasteiger partial charge in [-0.3, -0.25) is 0 Å². The number of aromatic amines is 1. The van der Waals surface area contributed by atoms with Gasteiger partial charge in [0.1, 0.15) is 12.4 Å². The van der Waals surface area contributed by atoms with E-state index in [2.05, 4.69) is 76.1 Å². The van der Waals surface area contributed by atoms with E-state index in [0.29, 0.717) is 6.61 Å². The van der Waals surface area contributed by atoms with Gasteiger partial charge < -0.3 is 15.5 Å². The molecule has 0 aliphatic rings. The highest BCUT2D eigenvalue weighted by Gasteiger charge is 2.14. The van der Waals surface area contributed by atoms with Gasteiger partial charge in [-0.2, -0.15) is 0 Å². The molecule has 1 aromatic heterocycles. The fourth-order valence-electron chi connectivity index (χ4n) is 3.65. The summed E-state index contributed by atoms with van der Waals surface area (Å²) in [5.41, 5.74) is 11.8. The van der Waals surface area contributed by atoms with E-state index in [4.69, 9.17) is 10.5 Å². The van der Waals surface area contributed by atoms with Crippen molar-refractivity contribution in [2.45, 2.75) is 25.9 Å². The molecule has 29 heavy (non-hydrogen) atoms. The van der Waals surface area contributed by atoms with Crippen LogP contribution >= 0.6 is 22.6 Å². The SMILES string of the molecule is NCCCCc1c(-c2cccc(I)c2)[nH]c2ccc(OCc3ccccc3)cc12.